The number of aromatic amines is 1. The number of phenolic OH excluding ortho intramolecular Hbond substituents is 1. The number of nitrogens with zero attached hydrogens (tertiary/aromatic N) is 2. The lowest BCUT2D eigenvalue weighted by atomic mass is 10.0. The van der Waals surface area contributed by atoms with Crippen molar-refractivity contribution in [2.24, 2.45) is 5.73 Å². The highest BCUT2D eigenvalue weighted by molar-refractivity contribution is 5.99. The predicted molar refractivity (Wildman–Crippen MR) is 124 cm³/mol. The van der Waals surface area contributed by atoms with Crippen molar-refractivity contribution in [3.05, 3.63) is 69.9 Å². The molecule has 168 valence electrons. The number of nitrogens with two attached hydrogens (primary N) is 1. The standard InChI is InChI=1S/C24H29N5O3/c1-15-11-18(12-16(2)22(15)30)14-26-24-21(23(25)31)20(27-28-24)13-17-3-5-19(6-4-17)29-7-9-32-10-8-29/h3-6,11-12,30H,7-10,13-14H2,1-2H3,(H2,25,31)(H2,26,27,28). The van der Waals surface area contributed by atoms with E-state index in [2.05, 4.69) is 44.7 Å². The minimum Gasteiger partial charge on any atom is -0.507 e. The third-order valence-corrected chi connectivity index (χ3v) is 5.79. The Labute approximate surface area is 187 Å². The Kier molecular flexibility index (Phi) is 6.32. The summed E-state index contributed by atoms with van der Waals surface area (Å²) in [6, 6.07) is 12.1. The van der Waals surface area contributed by atoms with E-state index in [-0.39, 0.29) is 0 Å². The van der Waals surface area contributed by atoms with Gasteiger partial charge >= 0.3 is 0 Å². The summed E-state index contributed by atoms with van der Waals surface area (Å²) < 4.78 is 5.41. The minimum atomic E-state index is -0.528. The van der Waals surface area contributed by atoms with E-state index in [0.717, 1.165) is 48.6 Å². The van der Waals surface area contributed by atoms with Crippen LogP contribution in [0.15, 0.2) is 36.4 Å². The quantitative estimate of drug-likeness (QED) is 0.453. The molecule has 4 rings (SSSR count). The second kappa shape index (κ2) is 9.32. The molecule has 1 aromatic heterocycles. The fourth-order valence-corrected chi connectivity index (χ4v) is 4.08. The number of carbonyl (C=O) groups excluding carboxylic acids is 1. The van der Waals surface area contributed by atoms with Crippen molar-refractivity contribution < 1.29 is 14.6 Å². The van der Waals surface area contributed by atoms with Crippen molar-refractivity contribution in [2.75, 3.05) is 36.5 Å². The first kappa shape index (κ1) is 21.7. The number of anilines is 2. The lowest BCUT2D eigenvalue weighted by molar-refractivity contribution is 0.100. The van der Waals surface area contributed by atoms with Crippen LogP contribution in [0.2, 0.25) is 0 Å². The Bertz CT molecular complexity index is 1080. The largest absolute Gasteiger partial charge is 0.507 e. The van der Waals surface area contributed by atoms with Crippen molar-refractivity contribution >= 4 is 17.4 Å². The first-order valence-corrected chi connectivity index (χ1v) is 10.7. The van der Waals surface area contributed by atoms with Crippen molar-refractivity contribution in [2.45, 2.75) is 26.8 Å². The van der Waals surface area contributed by atoms with Crippen LogP contribution in [0, 0.1) is 13.8 Å². The number of H-pyrrole nitrogens is 1. The fraction of sp³-hybridized carbons (Fsp3) is 0.333. The first-order valence-electron chi connectivity index (χ1n) is 10.7. The number of primary amides is 1. The number of rotatable bonds is 7. The van der Waals surface area contributed by atoms with Crippen LogP contribution in [-0.4, -0.2) is 47.5 Å². The molecule has 1 saturated heterocycles. The van der Waals surface area contributed by atoms with Gasteiger partial charge in [-0.1, -0.05) is 24.3 Å². The van der Waals surface area contributed by atoms with Gasteiger partial charge in [-0.25, -0.2) is 0 Å². The van der Waals surface area contributed by atoms with Crippen molar-refractivity contribution in [3.8, 4) is 5.75 Å². The zero-order valence-corrected chi connectivity index (χ0v) is 18.4. The topological polar surface area (TPSA) is 117 Å². The zero-order valence-electron chi connectivity index (χ0n) is 18.4. The maximum atomic E-state index is 12.2. The summed E-state index contributed by atoms with van der Waals surface area (Å²) in [7, 11) is 0. The summed E-state index contributed by atoms with van der Waals surface area (Å²) in [5.41, 5.74) is 11.5. The molecule has 1 amide bonds. The minimum absolute atomic E-state index is 0.299. The normalized spacial score (nSPS) is 13.9. The molecular weight excluding hydrogens is 406 g/mol. The van der Waals surface area contributed by atoms with E-state index in [0.29, 0.717) is 35.8 Å². The van der Waals surface area contributed by atoms with Gasteiger partial charge in [0.05, 0.1) is 18.9 Å². The number of hydrogen-bond acceptors (Lipinski definition) is 6. The van der Waals surface area contributed by atoms with E-state index in [1.807, 2.05) is 26.0 Å². The molecule has 1 aliphatic heterocycles. The number of hydrogen-bond donors (Lipinski definition) is 4. The van der Waals surface area contributed by atoms with Crippen LogP contribution in [0.25, 0.3) is 0 Å². The number of carbonyl (C=O) groups is 1. The molecule has 2 aromatic carbocycles. The molecule has 5 N–H and O–H groups in total. The summed E-state index contributed by atoms with van der Waals surface area (Å²) in [5, 5.41) is 20.4. The Morgan fingerprint density at radius 3 is 2.44 bits per heavy atom. The number of ether oxygens (including phenoxy) is 1. The first-order chi connectivity index (χ1) is 15.4. The van der Waals surface area contributed by atoms with Crippen LogP contribution in [0.1, 0.15) is 38.3 Å². The molecule has 0 aliphatic carbocycles. The number of aromatic nitrogens is 2. The summed E-state index contributed by atoms with van der Waals surface area (Å²) in [5.74, 6) is 0.202. The molecular formula is C24H29N5O3. The zero-order chi connectivity index (χ0) is 22.7. The molecule has 1 fully saturated rings. The van der Waals surface area contributed by atoms with Gasteiger partial charge in [-0.2, -0.15) is 5.10 Å². The van der Waals surface area contributed by atoms with Gasteiger partial charge in [0.25, 0.3) is 5.91 Å². The van der Waals surface area contributed by atoms with Crippen LogP contribution in [-0.2, 0) is 17.7 Å². The number of benzene rings is 2. The Hall–Kier alpha value is -3.52. The third-order valence-electron chi connectivity index (χ3n) is 5.79. The SMILES string of the molecule is Cc1cc(CNc2n[nH]c(Cc3ccc(N4CCOCC4)cc3)c2C(N)=O)cc(C)c1O. The number of aryl methyl sites for hydroxylation is 2. The average molecular weight is 436 g/mol. The van der Waals surface area contributed by atoms with E-state index in [4.69, 9.17) is 10.5 Å². The number of aromatic hydroxyl groups is 1. The van der Waals surface area contributed by atoms with Gasteiger partial charge in [-0.05, 0) is 48.2 Å². The monoisotopic (exact) mass is 435 g/mol. The third kappa shape index (κ3) is 4.70. The van der Waals surface area contributed by atoms with Crippen molar-refractivity contribution in [1.29, 1.82) is 0 Å². The lowest BCUT2D eigenvalue weighted by Crippen LogP contribution is -2.36. The van der Waals surface area contributed by atoms with Gasteiger partial charge in [-0.15, -0.1) is 0 Å². The van der Waals surface area contributed by atoms with Gasteiger partial charge in [-0.3, -0.25) is 9.89 Å². The molecule has 0 bridgehead atoms. The summed E-state index contributed by atoms with van der Waals surface area (Å²) >= 11 is 0. The van der Waals surface area contributed by atoms with Crippen LogP contribution in [0.3, 0.4) is 0 Å². The van der Waals surface area contributed by atoms with Crippen molar-refractivity contribution in [3.63, 3.8) is 0 Å². The molecule has 8 heteroatoms. The van der Waals surface area contributed by atoms with E-state index in [1.54, 1.807) is 0 Å². The molecule has 0 saturated carbocycles. The van der Waals surface area contributed by atoms with Gasteiger partial charge in [0, 0.05) is 31.7 Å². The second-order valence-electron chi connectivity index (χ2n) is 8.16. The van der Waals surface area contributed by atoms with Crippen LogP contribution in [0.5, 0.6) is 5.75 Å². The second-order valence-corrected chi connectivity index (χ2v) is 8.16. The van der Waals surface area contributed by atoms with E-state index in [9.17, 15) is 9.90 Å². The molecule has 1 aliphatic rings. The predicted octanol–water partition coefficient (Wildman–Crippen LogP) is 2.87. The van der Waals surface area contributed by atoms with E-state index in [1.165, 1.54) is 5.69 Å². The summed E-state index contributed by atoms with van der Waals surface area (Å²) in [4.78, 5) is 14.5. The smallest absolute Gasteiger partial charge is 0.254 e. The van der Waals surface area contributed by atoms with Crippen LogP contribution < -0.4 is 16.0 Å². The highest BCUT2D eigenvalue weighted by atomic mass is 16.5. The van der Waals surface area contributed by atoms with Crippen molar-refractivity contribution in [1.82, 2.24) is 10.2 Å². The summed E-state index contributed by atoms with van der Waals surface area (Å²) in [6.45, 7) is 7.45. The lowest BCUT2D eigenvalue weighted by Gasteiger charge is -2.28. The van der Waals surface area contributed by atoms with E-state index < -0.39 is 5.91 Å². The Morgan fingerprint density at radius 2 is 1.81 bits per heavy atom. The molecule has 0 radical (unpaired) electrons. The molecule has 8 nitrogen and oxygen atoms in total. The number of phenols is 1. The highest BCUT2D eigenvalue weighted by Crippen LogP contribution is 2.25. The molecule has 0 atom stereocenters. The molecule has 2 heterocycles. The maximum Gasteiger partial charge on any atom is 0.254 e. The van der Waals surface area contributed by atoms with Gasteiger partial charge < -0.3 is 25.8 Å². The Balaban J connectivity index is 1.47. The molecule has 0 unspecified atom stereocenters. The van der Waals surface area contributed by atoms with E-state index >= 15 is 0 Å². The molecule has 32 heavy (non-hydrogen) atoms. The van der Waals surface area contributed by atoms with Gasteiger partial charge in [0.1, 0.15) is 11.3 Å². The highest BCUT2D eigenvalue weighted by Gasteiger charge is 2.19. The fourth-order valence-electron chi connectivity index (χ4n) is 4.08. The van der Waals surface area contributed by atoms with Crippen LogP contribution in [0.4, 0.5) is 11.5 Å². The molecule has 3 aromatic rings. The number of nitrogens with one attached hydrogen (secondary N) is 2. The average Bonchev–Trinajstić information content (AvgIpc) is 3.19. The number of morpholine rings is 1. The van der Waals surface area contributed by atoms with Crippen LogP contribution >= 0.6 is 0 Å². The summed E-state index contributed by atoms with van der Waals surface area (Å²) in [6.07, 6.45) is 0.522. The van der Waals surface area contributed by atoms with Gasteiger partial charge in [0.15, 0.2) is 5.82 Å². The molecule has 0 spiro atoms. The van der Waals surface area contributed by atoms with Gasteiger partial charge in [0.2, 0.25) is 0 Å². The number of amides is 1. The maximum absolute atomic E-state index is 12.2. The Morgan fingerprint density at radius 1 is 1.16 bits per heavy atom.